The van der Waals surface area contributed by atoms with Gasteiger partial charge in [-0.25, -0.2) is 0 Å². The predicted molar refractivity (Wildman–Crippen MR) is 56.6 cm³/mol. The Morgan fingerprint density at radius 1 is 1.31 bits per heavy atom. The Balaban J connectivity index is 3.33. The first-order valence-corrected chi connectivity index (χ1v) is 4.53. The van der Waals surface area contributed by atoms with E-state index in [0.29, 0.717) is 11.3 Å². The first-order chi connectivity index (χ1) is 7.38. The molecule has 0 saturated carbocycles. The summed E-state index contributed by atoms with van der Waals surface area (Å²) in [6, 6.07) is 2.22. The van der Waals surface area contributed by atoms with E-state index in [4.69, 9.17) is 5.73 Å². The molecular weight excluding hydrogens is 219 g/mol. The number of alkyl halides is 3. The summed E-state index contributed by atoms with van der Waals surface area (Å²) < 4.78 is 42.4. The summed E-state index contributed by atoms with van der Waals surface area (Å²) in [6.07, 6.45) is -1.66. The van der Waals surface area contributed by atoms with E-state index in [1.807, 2.05) is 0 Å². The van der Waals surface area contributed by atoms with E-state index >= 15 is 0 Å². The molecule has 1 rings (SSSR count). The molecule has 16 heavy (non-hydrogen) atoms. The molecule has 2 nitrogen and oxygen atoms in total. The van der Waals surface area contributed by atoms with Gasteiger partial charge in [0.05, 0.1) is 18.9 Å². The van der Waals surface area contributed by atoms with Gasteiger partial charge in [0, 0.05) is 11.3 Å². The molecule has 0 fully saturated rings. The molecule has 0 unspecified atom stereocenters. The van der Waals surface area contributed by atoms with Crippen LogP contribution in [-0.2, 0) is 10.9 Å². The highest BCUT2D eigenvalue weighted by Crippen LogP contribution is 2.35. The smallest absolute Gasteiger partial charge is 0.416 e. The molecule has 1 aromatic rings. The van der Waals surface area contributed by atoms with Crippen molar-refractivity contribution in [1.82, 2.24) is 0 Å². The van der Waals surface area contributed by atoms with Crippen LogP contribution in [-0.4, -0.2) is 7.11 Å². The Morgan fingerprint density at radius 3 is 2.44 bits per heavy atom. The second kappa shape index (κ2) is 4.47. The molecule has 0 aliphatic heterocycles. The molecule has 0 atom stereocenters. The van der Waals surface area contributed by atoms with Gasteiger partial charge in [0.1, 0.15) is 0 Å². The summed E-state index contributed by atoms with van der Waals surface area (Å²) in [5.74, 6) is 0. The van der Waals surface area contributed by atoms with Gasteiger partial charge in [-0.1, -0.05) is 0 Å². The Labute approximate surface area is 91.5 Å². The monoisotopic (exact) mass is 231 g/mol. The molecule has 0 aliphatic carbocycles. The molecular formula is C11H12F3NO. The number of anilines is 1. The van der Waals surface area contributed by atoms with E-state index in [9.17, 15) is 13.2 Å². The van der Waals surface area contributed by atoms with E-state index in [1.165, 1.54) is 32.4 Å². The van der Waals surface area contributed by atoms with Crippen molar-refractivity contribution in [1.29, 1.82) is 0 Å². The molecule has 5 heteroatoms. The Bertz CT molecular complexity index is 410. The Kier molecular flexibility index (Phi) is 3.47. The average Bonchev–Trinajstić information content (AvgIpc) is 2.15. The fourth-order valence-corrected chi connectivity index (χ4v) is 1.41. The van der Waals surface area contributed by atoms with Crippen molar-refractivity contribution in [3.63, 3.8) is 0 Å². The van der Waals surface area contributed by atoms with Crippen LogP contribution in [0.5, 0.6) is 0 Å². The number of halogens is 3. The normalized spacial score (nSPS) is 12.1. The fraction of sp³-hybridized carbons (Fsp3) is 0.273. The van der Waals surface area contributed by atoms with Gasteiger partial charge in [-0.05, 0) is 30.7 Å². The molecule has 1 aromatic carbocycles. The molecule has 0 radical (unpaired) electrons. The van der Waals surface area contributed by atoms with Gasteiger partial charge in [-0.3, -0.25) is 0 Å². The molecule has 0 aliphatic rings. The minimum absolute atomic E-state index is 0.0980. The quantitative estimate of drug-likeness (QED) is 0.626. The van der Waals surface area contributed by atoms with E-state index in [2.05, 4.69) is 4.74 Å². The van der Waals surface area contributed by atoms with Crippen LogP contribution >= 0.6 is 0 Å². The van der Waals surface area contributed by atoms with Crippen molar-refractivity contribution in [3.05, 3.63) is 35.1 Å². The van der Waals surface area contributed by atoms with Crippen LogP contribution in [0.25, 0.3) is 6.08 Å². The third-order valence-corrected chi connectivity index (χ3v) is 2.22. The Morgan fingerprint density at radius 2 is 1.94 bits per heavy atom. The largest absolute Gasteiger partial charge is 0.504 e. The molecule has 88 valence electrons. The van der Waals surface area contributed by atoms with Gasteiger partial charge >= 0.3 is 6.18 Å². The molecule has 0 aromatic heterocycles. The standard InChI is InChI=1S/C11H12F3NO/c1-7-8(5-6-16-2)10(15)4-3-9(7)11(12,13)14/h3-6H,15H2,1-2H3. The van der Waals surface area contributed by atoms with Crippen molar-refractivity contribution in [2.75, 3.05) is 12.8 Å². The number of ether oxygens (including phenoxy) is 1. The van der Waals surface area contributed by atoms with E-state index in [-0.39, 0.29) is 5.56 Å². The number of hydrogen-bond donors (Lipinski definition) is 1. The van der Waals surface area contributed by atoms with Gasteiger partial charge in [-0.2, -0.15) is 13.2 Å². The maximum absolute atomic E-state index is 12.6. The number of rotatable bonds is 2. The second-order valence-corrected chi connectivity index (χ2v) is 3.28. The minimum Gasteiger partial charge on any atom is -0.504 e. The highest BCUT2D eigenvalue weighted by atomic mass is 19.4. The number of nitrogen functional groups attached to an aromatic ring is 1. The topological polar surface area (TPSA) is 35.2 Å². The molecule has 0 spiro atoms. The molecule has 0 saturated heterocycles. The highest BCUT2D eigenvalue weighted by Gasteiger charge is 2.33. The Hall–Kier alpha value is -1.65. The minimum atomic E-state index is -4.37. The molecule has 0 amide bonds. The van der Waals surface area contributed by atoms with Crippen molar-refractivity contribution in [3.8, 4) is 0 Å². The zero-order valence-electron chi connectivity index (χ0n) is 8.93. The molecule has 0 heterocycles. The van der Waals surface area contributed by atoms with E-state index in [0.717, 1.165) is 6.07 Å². The zero-order valence-corrected chi connectivity index (χ0v) is 8.93. The van der Waals surface area contributed by atoms with E-state index in [1.54, 1.807) is 0 Å². The molecule has 2 N–H and O–H groups in total. The predicted octanol–water partition coefficient (Wildman–Crippen LogP) is 3.21. The van der Waals surface area contributed by atoms with Crippen molar-refractivity contribution in [2.45, 2.75) is 13.1 Å². The SMILES string of the molecule is COC=Cc1c(N)ccc(C(F)(F)F)c1C. The van der Waals surface area contributed by atoms with Crippen molar-refractivity contribution in [2.24, 2.45) is 0 Å². The van der Waals surface area contributed by atoms with Crippen LogP contribution in [0.1, 0.15) is 16.7 Å². The number of hydrogen-bond acceptors (Lipinski definition) is 2. The third-order valence-electron chi connectivity index (χ3n) is 2.22. The first-order valence-electron chi connectivity index (χ1n) is 4.53. The van der Waals surface area contributed by atoms with Gasteiger partial charge in [-0.15, -0.1) is 0 Å². The van der Waals surface area contributed by atoms with Crippen LogP contribution in [0.15, 0.2) is 18.4 Å². The third kappa shape index (κ3) is 2.48. The van der Waals surface area contributed by atoms with Crippen molar-refractivity contribution >= 4 is 11.8 Å². The lowest BCUT2D eigenvalue weighted by Crippen LogP contribution is -2.09. The summed E-state index contributed by atoms with van der Waals surface area (Å²) in [4.78, 5) is 0. The lowest BCUT2D eigenvalue weighted by atomic mass is 10.00. The van der Waals surface area contributed by atoms with Gasteiger partial charge in [0.25, 0.3) is 0 Å². The maximum Gasteiger partial charge on any atom is 0.416 e. The van der Waals surface area contributed by atoms with Gasteiger partial charge in [0.15, 0.2) is 0 Å². The van der Waals surface area contributed by atoms with Crippen LogP contribution in [0.4, 0.5) is 18.9 Å². The van der Waals surface area contributed by atoms with Crippen LogP contribution in [0, 0.1) is 6.92 Å². The highest BCUT2D eigenvalue weighted by molar-refractivity contribution is 5.68. The zero-order chi connectivity index (χ0) is 12.3. The first kappa shape index (κ1) is 12.4. The number of methoxy groups -OCH3 is 1. The number of nitrogens with two attached hydrogens (primary N) is 1. The summed E-state index contributed by atoms with van der Waals surface area (Å²) in [5, 5.41) is 0. The second-order valence-electron chi connectivity index (χ2n) is 3.28. The fourth-order valence-electron chi connectivity index (χ4n) is 1.41. The van der Waals surface area contributed by atoms with Crippen LogP contribution < -0.4 is 5.73 Å². The van der Waals surface area contributed by atoms with E-state index < -0.39 is 11.7 Å². The van der Waals surface area contributed by atoms with Gasteiger partial charge in [0.2, 0.25) is 0 Å². The lowest BCUT2D eigenvalue weighted by Gasteiger charge is -2.13. The number of benzene rings is 1. The van der Waals surface area contributed by atoms with Crippen molar-refractivity contribution < 1.29 is 17.9 Å². The summed E-state index contributed by atoms with van der Waals surface area (Å²) >= 11 is 0. The molecule has 0 bridgehead atoms. The summed E-state index contributed by atoms with van der Waals surface area (Å²) in [6.45, 7) is 1.38. The summed E-state index contributed by atoms with van der Waals surface area (Å²) in [5.41, 5.74) is 5.64. The maximum atomic E-state index is 12.6. The lowest BCUT2D eigenvalue weighted by molar-refractivity contribution is -0.138. The average molecular weight is 231 g/mol. The summed E-state index contributed by atoms with van der Waals surface area (Å²) in [7, 11) is 1.41. The van der Waals surface area contributed by atoms with Crippen LogP contribution in [0.2, 0.25) is 0 Å². The van der Waals surface area contributed by atoms with Crippen LogP contribution in [0.3, 0.4) is 0 Å². The van der Waals surface area contributed by atoms with Gasteiger partial charge < -0.3 is 10.5 Å².